The third kappa shape index (κ3) is 0.892. The number of carbonyl (C=O) groups excluding carboxylic acids is 1. The molecule has 88 valence electrons. The van der Waals surface area contributed by atoms with Gasteiger partial charge in [0.2, 0.25) is 10.8 Å². The van der Waals surface area contributed by atoms with Gasteiger partial charge >= 0.3 is 0 Å². The average molecular weight is 253 g/mol. The Bertz CT molecular complexity index is 577. The second-order valence-corrected chi connectivity index (χ2v) is 5.26. The number of aromatic nitrogens is 2. The standard InChI is InChI=1S/C10H9ClN4O2/c1-15-7-5(2-13-15)9(4-17-9)6-3-12-14-10(6,11)8(7)16/h2,6H,3-4H2,1H3/t6-,9+,10-/m1/s1. The van der Waals surface area contributed by atoms with Gasteiger partial charge in [-0.3, -0.25) is 9.48 Å². The highest BCUT2D eigenvalue weighted by Crippen LogP contribution is 2.58. The third-order valence-electron chi connectivity index (χ3n) is 3.89. The summed E-state index contributed by atoms with van der Waals surface area (Å²) in [6.07, 6.45) is 1.69. The van der Waals surface area contributed by atoms with E-state index in [2.05, 4.69) is 15.3 Å². The molecular weight excluding hydrogens is 244 g/mol. The third-order valence-corrected chi connectivity index (χ3v) is 4.40. The lowest BCUT2D eigenvalue weighted by Gasteiger charge is -2.33. The van der Waals surface area contributed by atoms with Gasteiger partial charge in [0.15, 0.2) is 0 Å². The number of Topliss-reactive ketones (excluding diaryl/α,β-unsaturated/α-hetero) is 1. The van der Waals surface area contributed by atoms with Crippen LogP contribution in [0.15, 0.2) is 16.4 Å². The maximum absolute atomic E-state index is 12.4. The zero-order valence-corrected chi connectivity index (χ0v) is 9.81. The van der Waals surface area contributed by atoms with Crippen molar-refractivity contribution in [2.24, 2.45) is 23.2 Å². The fraction of sp³-hybridized carbons (Fsp3) is 0.600. The van der Waals surface area contributed by atoms with Gasteiger partial charge in [-0.1, -0.05) is 11.6 Å². The van der Waals surface area contributed by atoms with Gasteiger partial charge in [0.1, 0.15) is 11.3 Å². The number of alkyl halides is 1. The van der Waals surface area contributed by atoms with Gasteiger partial charge in [-0.15, -0.1) is 0 Å². The Morgan fingerprint density at radius 1 is 1.65 bits per heavy atom. The highest BCUT2D eigenvalue weighted by molar-refractivity contribution is 6.38. The topological polar surface area (TPSA) is 72.1 Å². The van der Waals surface area contributed by atoms with E-state index in [1.807, 2.05) is 0 Å². The molecule has 2 aliphatic heterocycles. The van der Waals surface area contributed by atoms with Crippen molar-refractivity contribution in [3.8, 4) is 0 Å². The number of rotatable bonds is 0. The fourth-order valence-corrected chi connectivity index (χ4v) is 3.27. The van der Waals surface area contributed by atoms with Crippen LogP contribution in [-0.2, 0) is 17.4 Å². The number of halogens is 1. The SMILES string of the molecule is Cn1ncc2c1C(=O)[C@]1(Cl)N=NC[C@@H]1[C@]21CO1. The summed E-state index contributed by atoms with van der Waals surface area (Å²) in [5, 5.41) is 12.0. The van der Waals surface area contributed by atoms with Crippen LogP contribution in [-0.4, -0.2) is 33.7 Å². The summed E-state index contributed by atoms with van der Waals surface area (Å²) in [4.78, 5) is 11.1. The molecule has 7 heteroatoms. The van der Waals surface area contributed by atoms with Gasteiger partial charge in [-0.05, 0) is 0 Å². The fourth-order valence-electron chi connectivity index (χ4n) is 2.88. The van der Waals surface area contributed by atoms with E-state index in [4.69, 9.17) is 16.3 Å². The Hall–Kier alpha value is -1.27. The monoisotopic (exact) mass is 252 g/mol. The molecule has 3 atom stereocenters. The van der Waals surface area contributed by atoms with Gasteiger partial charge in [-0.25, -0.2) is 0 Å². The maximum atomic E-state index is 12.4. The quantitative estimate of drug-likeness (QED) is 0.391. The largest absolute Gasteiger partial charge is 0.364 e. The van der Waals surface area contributed by atoms with Crippen molar-refractivity contribution in [3.63, 3.8) is 0 Å². The number of fused-ring (bicyclic) bond motifs is 4. The Kier molecular flexibility index (Phi) is 1.48. The minimum absolute atomic E-state index is 0.208. The van der Waals surface area contributed by atoms with Crippen LogP contribution in [0.25, 0.3) is 0 Å². The van der Waals surface area contributed by atoms with Crippen LogP contribution in [0.3, 0.4) is 0 Å². The number of aryl methyl sites for hydroxylation is 1. The summed E-state index contributed by atoms with van der Waals surface area (Å²) in [6.45, 7) is 0.993. The van der Waals surface area contributed by atoms with Crippen LogP contribution in [0.4, 0.5) is 0 Å². The lowest BCUT2D eigenvalue weighted by molar-refractivity contribution is 0.0814. The van der Waals surface area contributed by atoms with Crippen molar-refractivity contribution in [1.82, 2.24) is 9.78 Å². The lowest BCUT2D eigenvalue weighted by Crippen LogP contribution is -2.49. The van der Waals surface area contributed by atoms with Gasteiger partial charge in [0.05, 0.1) is 25.3 Å². The van der Waals surface area contributed by atoms with Gasteiger partial charge < -0.3 is 4.74 Å². The van der Waals surface area contributed by atoms with Crippen molar-refractivity contribution in [2.75, 3.05) is 13.2 Å². The molecule has 1 aromatic heterocycles. The van der Waals surface area contributed by atoms with Crippen molar-refractivity contribution in [2.45, 2.75) is 10.6 Å². The molecule has 0 N–H and O–H groups in total. The number of azo groups is 1. The summed E-state index contributed by atoms with van der Waals surface area (Å²) >= 11 is 6.37. The molecule has 0 aromatic carbocycles. The molecule has 3 aliphatic rings. The van der Waals surface area contributed by atoms with Crippen LogP contribution in [0.5, 0.6) is 0 Å². The number of hydrogen-bond donors (Lipinski definition) is 0. The average Bonchev–Trinajstić information content (AvgIpc) is 2.82. The zero-order chi connectivity index (χ0) is 11.8. The molecule has 0 saturated carbocycles. The molecule has 17 heavy (non-hydrogen) atoms. The molecule has 1 aliphatic carbocycles. The second kappa shape index (κ2) is 2.59. The summed E-state index contributed by atoms with van der Waals surface area (Å²) in [5.74, 6) is -0.428. The van der Waals surface area contributed by atoms with E-state index in [0.29, 0.717) is 18.8 Å². The highest BCUT2D eigenvalue weighted by Gasteiger charge is 2.70. The van der Waals surface area contributed by atoms with E-state index < -0.39 is 10.6 Å². The Morgan fingerprint density at radius 3 is 3.12 bits per heavy atom. The minimum Gasteiger partial charge on any atom is -0.364 e. The van der Waals surface area contributed by atoms with Crippen molar-refractivity contribution < 1.29 is 9.53 Å². The summed E-state index contributed by atoms with van der Waals surface area (Å²) in [5.41, 5.74) is 0.830. The van der Waals surface area contributed by atoms with E-state index in [-0.39, 0.29) is 11.7 Å². The molecule has 1 spiro atoms. The molecule has 0 amide bonds. The van der Waals surface area contributed by atoms with E-state index in [0.717, 1.165) is 5.56 Å². The first kappa shape index (κ1) is 9.73. The van der Waals surface area contributed by atoms with Crippen LogP contribution in [0.1, 0.15) is 16.1 Å². The molecule has 1 fully saturated rings. The first-order chi connectivity index (χ1) is 8.09. The van der Waals surface area contributed by atoms with Crippen LogP contribution in [0.2, 0.25) is 0 Å². The molecule has 0 radical (unpaired) electrons. The molecule has 1 aromatic rings. The predicted molar refractivity (Wildman–Crippen MR) is 57.0 cm³/mol. The Morgan fingerprint density at radius 2 is 2.41 bits per heavy atom. The second-order valence-electron chi connectivity index (χ2n) is 4.69. The van der Waals surface area contributed by atoms with Gasteiger partial charge in [-0.2, -0.15) is 15.3 Å². The van der Waals surface area contributed by atoms with Crippen LogP contribution < -0.4 is 0 Å². The molecule has 0 unspecified atom stereocenters. The lowest BCUT2D eigenvalue weighted by atomic mass is 9.74. The molecule has 1 saturated heterocycles. The summed E-state index contributed by atoms with van der Waals surface area (Å²) in [6, 6.07) is 0. The predicted octanol–water partition coefficient (Wildman–Crippen LogP) is 0.859. The van der Waals surface area contributed by atoms with E-state index in [1.165, 1.54) is 4.68 Å². The minimum atomic E-state index is -1.29. The number of epoxide rings is 1. The van der Waals surface area contributed by atoms with Crippen molar-refractivity contribution >= 4 is 17.4 Å². The number of ketones is 1. The number of hydrogen-bond acceptors (Lipinski definition) is 5. The van der Waals surface area contributed by atoms with Crippen molar-refractivity contribution in [3.05, 3.63) is 17.5 Å². The highest BCUT2D eigenvalue weighted by atomic mass is 35.5. The smallest absolute Gasteiger partial charge is 0.226 e. The Labute approximate surface area is 102 Å². The number of ether oxygens (including phenoxy) is 1. The summed E-state index contributed by atoms with van der Waals surface area (Å²) in [7, 11) is 1.72. The Balaban J connectivity index is 2.03. The summed E-state index contributed by atoms with van der Waals surface area (Å²) < 4.78 is 7.13. The molecule has 0 bridgehead atoms. The normalized spacial score (nSPS) is 41.8. The van der Waals surface area contributed by atoms with Gasteiger partial charge in [0.25, 0.3) is 0 Å². The molecular formula is C10H9ClN4O2. The zero-order valence-electron chi connectivity index (χ0n) is 9.05. The number of nitrogens with zero attached hydrogens (tertiary/aromatic N) is 4. The first-order valence-corrected chi connectivity index (χ1v) is 5.76. The molecule has 6 nitrogen and oxygen atoms in total. The van der Waals surface area contributed by atoms with Crippen LogP contribution >= 0.6 is 11.6 Å². The number of carbonyl (C=O) groups is 1. The van der Waals surface area contributed by atoms with Crippen molar-refractivity contribution in [1.29, 1.82) is 0 Å². The van der Waals surface area contributed by atoms with E-state index in [1.54, 1.807) is 13.2 Å². The van der Waals surface area contributed by atoms with E-state index in [9.17, 15) is 4.79 Å². The molecule has 4 rings (SSSR count). The van der Waals surface area contributed by atoms with E-state index >= 15 is 0 Å². The first-order valence-electron chi connectivity index (χ1n) is 5.38. The maximum Gasteiger partial charge on any atom is 0.226 e. The van der Waals surface area contributed by atoms with Gasteiger partial charge in [0, 0.05) is 12.6 Å². The molecule has 3 heterocycles. The van der Waals surface area contributed by atoms with Crippen LogP contribution in [0, 0.1) is 5.92 Å².